The number of nitriles is 1. The number of nitrogens with zero attached hydrogens (tertiary/aromatic N) is 1. The van der Waals surface area contributed by atoms with E-state index in [9.17, 15) is 5.26 Å². The number of fused-ring (bicyclic) bond motifs is 11. The quantitative estimate of drug-likeness (QED) is 0.200. The molecule has 0 amide bonds. The van der Waals surface area contributed by atoms with Crippen molar-refractivity contribution in [2.45, 2.75) is 24.9 Å². The SMILES string of the molecule is COc1ccc(C2(c3ccc4sc5ccccc5c4c3)C=Cc3c4c(c5ccccc5c3O2)-c2ccc(C#N)cc2C4(C)C)cc1. The second-order valence-electron chi connectivity index (χ2n) is 12.7. The summed E-state index contributed by atoms with van der Waals surface area (Å²) in [6, 6.07) is 40.7. The van der Waals surface area contributed by atoms with Crippen molar-refractivity contribution >= 4 is 48.4 Å². The molecule has 1 aliphatic carbocycles. The van der Waals surface area contributed by atoms with Crippen LogP contribution in [0.5, 0.6) is 11.5 Å². The Hall–Kier alpha value is -5.37. The molecule has 1 atom stereocenters. The fourth-order valence-electron chi connectivity index (χ4n) is 7.78. The molecule has 2 aliphatic rings. The molecule has 0 saturated heterocycles. The van der Waals surface area contributed by atoms with E-state index in [1.165, 1.54) is 42.4 Å². The average Bonchev–Trinajstić information content (AvgIpc) is 3.59. The number of hydrogen-bond donors (Lipinski definition) is 0. The third kappa shape index (κ3) is 3.58. The first kappa shape index (κ1) is 27.0. The zero-order valence-electron chi connectivity index (χ0n) is 25.7. The molecule has 1 unspecified atom stereocenters. The van der Waals surface area contributed by atoms with Crippen LogP contribution in [-0.4, -0.2) is 7.11 Å². The average molecular weight is 612 g/mol. The molecule has 7 aromatic rings. The highest BCUT2D eigenvalue weighted by Crippen LogP contribution is 2.58. The summed E-state index contributed by atoms with van der Waals surface area (Å²) in [5.74, 6) is 1.68. The smallest absolute Gasteiger partial charge is 0.178 e. The summed E-state index contributed by atoms with van der Waals surface area (Å²) in [7, 11) is 1.69. The Bertz CT molecular complexity index is 2480. The van der Waals surface area contributed by atoms with E-state index >= 15 is 0 Å². The summed E-state index contributed by atoms with van der Waals surface area (Å²) >= 11 is 1.82. The molecule has 0 spiro atoms. The van der Waals surface area contributed by atoms with Crippen LogP contribution in [0.2, 0.25) is 0 Å². The fourth-order valence-corrected chi connectivity index (χ4v) is 8.86. The van der Waals surface area contributed by atoms with Gasteiger partial charge in [-0.25, -0.2) is 0 Å². The second-order valence-corrected chi connectivity index (χ2v) is 13.8. The summed E-state index contributed by atoms with van der Waals surface area (Å²) in [5, 5.41) is 14.5. The number of hydrogen-bond acceptors (Lipinski definition) is 4. The van der Waals surface area contributed by atoms with Crippen LogP contribution in [0.25, 0.3) is 48.1 Å². The van der Waals surface area contributed by atoms with Crippen molar-refractivity contribution in [3.05, 3.63) is 149 Å². The van der Waals surface area contributed by atoms with E-state index in [0.29, 0.717) is 5.56 Å². The number of benzene rings is 6. The molecule has 3 nitrogen and oxygen atoms in total. The Morgan fingerprint density at radius 2 is 1.46 bits per heavy atom. The Labute approximate surface area is 271 Å². The minimum atomic E-state index is -0.878. The molecule has 0 bridgehead atoms. The van der Waals surface area contributed by atoms with Crippen LogP contribution in [0.4, 0.5) is 0 Å². The fraction of sp³-hybridized carbons (Fsp3) is 0.119. The second kappa shape index (κ2) is 9.57. The first-order valence-corrected chi connectivity index (χ1v) is 16.3. The molecular weight excluding hydrogens is 583 g/mol. The van der Waals surface area contributed by atoms with Gasteiger partial charge in [0.15, 0.2) is 5.60 Å². The maximum atomic E-state index is 9.75. The molecule has 1 aliphatic heterocycles. The third-order valence-corrected chi connectivity index (χ3v) is 11.1. The van der Waals surface area contributed by atoms with Gasteiger partial charge in [-0.05, 0) is 76.2 Å². The Balaban J connectivity index is 1.34. The van der Waals surface area contributed by atoms with Crippen molar-refractivity contribution in [1.82, 2.24) is 0 Å². The number of ether oxygens (including phenoxy) is 2. The van der Waals surface area contributed by atoms with E-state index in [0.717, 1.165) is 39.0 Å². The van der Waals surface area contributed by atoms with Gasteiger partial charge >= 0.3 is 0 Å². The van der Waals surface area contributed by atoms with E-state index in [1.807, 2.05) is 29.5 Å². The molecule has 1 aromatic heterocycles. The lowest BCUT2D eigenvalue weighted by atomic mass is 9.76. The van der Waals surface area contributed by atoms with Crippen LogP contribution in [0.3, 0.4) is 0 Å². The van der Waals surface area contributed by atoms with Gasteiger partial charge in [0.25, 0.3) is 0 Å². The topological polar surface area (TPSA) is 42.2 Å². The van der Waals surface area contributed by atoms with Gasteiger partial charge < -0.3 is 9.47 Å². The van der Waals surface area contributed by atoms with Gasteiger partial charge in [-0.1, -0.05) is 86.7 Å². The highest BCUT2D eigenvalue weighted by molar-refractivity contribution is 7.25. The lowest BCUT2D eigenvalue weighted by Gasteiger charge is -2.38. The number of methoxy groups -OCH3 is 1. The van der Waals surface area contributed by atoms with Crippen molar-refractivity contribution in [2.75, 3.05) is 7.11 Å². The molecule has 9 rings (SSSR count). The van der Waals surface area contributed by atoms with Crippen LogP contribution >= 0.6 is 11.3 Å². The predicted octanol–water partition coefficient (Wildman–Crippen LogP) is 10.7. The monoisotopic (exact) mass is 611 g/mol. The molecule has 4 heteroatoms. The highest BCUT2D eigenvalue weighted by Gasteiger charge is 2.44. The van der Waals surface area contributed by atoms with Crippen LogP contribution in [0, 0.1) is 11.3 Å². The van der Waals surface area contributed by atoms with Crippen LogP contribution < -0.4 is 9.47 Å². The van der Waals surface area contributed by atoms with E-state index < -0.39 is 5.60 Å². The summed E-state index contributed by atoms with van der Waals surface area (Å²) in [5.41, 5.74) is 7.51. The van der Waals surface area contributed by atoms with E-state index in [-0.39, 0.29) is 5.41 Å². The zero-order chi connectivity index (χ0) is 31.2. The number of thiophene rings is 1. The van der Waals surface area contributed by atoms with E-state index in [1.54, 1.807) is 7.11 Å². The normalized spacial score (nSPS) is 17.3. The lowest BCUT2D eigenvalue weighted by molar-refractivity contribution is 0.163. The predicted molar refractivity (Wildman–Crippen MR) is 189 cm³/mol. The largest absolute Gasteiger partial charge is 0.497 e. The van der Waals surface area contributed by atoms with E-state index in [4.69, 9.17) is 9.47 Å². The standard InChI is InChI=1S/C42H29NO2S/c1-41(2)35-22-25(24-43)12-18-32(35)38-30-9-4-5-10-31(30)40-33(39(38)41)20-21-42(45-40,26-13-16-28(44-3)17-14-26)27-15-19-37-34(23-27)29-8-6-7-11-36(29)46-37/h4-23H,1-3H3. The minimum absolute atomic E-state index is 0.325. The van der Waals surface area contributed by atoms with Crippen LogP contribution in [0.1, 0.15) is 47.2 Å². The van der Waals surface area contributed by atoms with Gasteiger partial charge in [-0.2, -0.15) is 5.26 Å². The highest BCUT2D eigenvalue weighted by atomic mass is 32.1. The molecule has 0 fully saturated rings. The Morgan fingerprint density at radius 1 is 0.739 bits per heavy atom. The van der Waals surface area contributed by atoms with Gasteiger partial charge in [0.1, 0.15) is 11.5 Å². The Morgan fingerprint density at radius 3 is 2.24 bits per heavy atom. The minimum Gasteiger partial charge on any atom is -0.497 e. The van der Waals surface area contributed by atoms with Crippen molar-refractivity contribution in [2.24, 2.45) is 0 Å². The van der Waals surface area contributed by atoms with Gasteiger partial charge in [0.2, 0.25) is 0 Å². The molecule has 0 N–H and O–H groups in total. The van der Waals surface area contributed by atoms with Gasteiger partial charge in [0.05, 0.1) is 18.7 Å². The van der Waals surface area contributed by atoms with Crippen molar-refractivity contribution in [3.63, 3.8) is 0 Å². The van der Waals surface area contributed by atoms with Crippen molar-refractivity contribution in [3.8, 4) is 28.7 Å². The van der Waals surface area contributed by atoms with Crippen LogP contribution in [0.15, 0.2) is 115 Å². The van der Waals surface area contributed by atoms with Crippen molar-refractivity contribution < 1.29 is 9.47 Å². The first-order valence-electron chi connectivity index (χ1n) is 15.5. The summed E-state index contributed by atoms with van der Waals surface area (Å²) in [6.45, 7) is 4.53. The van der Waals surface area contributed by atoms with Gasteiger partial charge in [-0.15, -0.1) is 11.3 Å². The number of rotatable bonds is 3. The molecular formula is C42H29NO2S. The summed E-state index contributed by atoms with van der Waals surface area (Å²) in [6.07, 6.45) is 4.52. The summed E-state index contributed by atoms with van der Waals surface area (Å²) < 4.78 is 15.6. The summed E-state index contributed by atoms with van der Waals surface area (Å²) in [4.78, 5) is 0. The lowest BCUT2D eigenvalue weighted by Crippen LogP contribution is -2.35. The molecule has 0 saturated carbocycles. The maximum Gasteiger partial charge on any atom is 0.178 e. The molecule has 0 radical (unpaired) electrons. The van der Waals surface area contributed by atoms with Crippen molar-refractivity contribution in [1.29, 1.82) is 5.26 Å². The molecule has 46 heavy (non-hydrogen) atoms. The molecule has 2 heterocycles. The maximum absolute atomic E-state index is 9.75. The molecule has 6 aromatic carbocycles. The molecule has 220 valence electrons. The first-order chi connectivity index (χ1) is 22.4. The third-order valence-electron chi connectivity index (χ3n) is 9.99. The van der Waals surface area contributed by atoms with E-state index in [2.05, 4.69) is 123 Å². The Kier molecular flexibility index (Phi) is 5.61. The zero-order valence-corrected chi connectivity index (χ0v) is 26.5. The van der Waals surface area contributed by atoms with Gasteiger partial charge in [0, 0.05) is 47.7 Å². The van der Waals surface area contributed by atoms with Crippen LogP contribution in [-0.2, 0) is 11.0 Å². The van der Waals surface area contributed by atoms with Gasteiger partial charge in [-0.3, -0.25) is 0 Å².